The number of phenols is 1. The number of aromatic nitrogens is 2. The number of aromatic hydroxyl groups is 1. The largest absolute Gasteiger partial charge is 0.506 e. The van der Waals surface area contributed by atoms with Gasteiger partial charge in [0, 0.05) is 11.8 Å². The van der Waals surface area contributed by atoms with Gasteiger partial charge in [0.2, 0.25) is 5.91 Å². The number of anilines is 2. The van der Waals surface area contributed by atoms with Gasteiger partial charge in [-0.05, 0) is 19.1 Å². The van der Waals surface area contributed by atoms with Crippen molar-refractivity contribution in [2.75, 3.05) is 11.1 Å². The maximum atomic E-state index is 11.8. The number of para-hydroxylation sites is 2. The molecule has 0 unspecified atom stereocenters. The van der Waals surface area contributed by atoms with Crippen molar-refractivity contribution in [1.82, 2.24) is 9.78 Å². The Morgan fingerprint density at radius 1 is 1.50 bits per heavy atom. The van der Waals surface area contributed by atoms with Crippen LogP contribution in [0.25, 0.3) is 0 Å². The molecular formula is C12H14N4O2. The van der Waals surface area contributed by atoms with E-state index in [1.807, 2.05) is 6.92 Å². The molecule has 1 aromatic carbocycles. The number of rotatable bonds is 3. The fourth-order valence-corrected chi connectivity index (χ4v) is 1.60. The molecule has 94 valence electrons. The van der Waals surface area contributed by atoms with Crippen LogP contribution in [0, 0.1) is 6.92 Å². The molecule has 6 nitrogen and oxygen atoms in total. The maximum absolute atomic E-state index is 11.8. The van der Waals surface area contributed by atoms with Gasteiger partial charge in [-0.25, -0.2) is 0 Å². The van der Waals surface area contributed by atoms with Crippen LogP contribution in [0.5, 0.6) is 5.75 Å². The number of nitrogen functional groups attached to an aromatic ring is 1. The van der Waals surface area contributed by atoms with E-state index >= 15 is 0 Å². The molecular weight excluding hydrogens is 232 g/mol. The Balaban J connectivity index is 2.06. The molecule has 6 heteroatoms. The number of phenolic OH excluding ortho intramolecular Hbond substituents is 1. The predicted octanol–water partition coefficient (Wildman–Crippen LogP) is 1.12. The molecule has 0 aliphatic heterocycles. The van der Waals surface area contributed by atoms with Gasteiger partial charge in [0.05, 0.1) is 5.69 Å². The van der Waals surface area contributed by atoms with E-state index in [4.69, 9.17) is 5.73 Å². The number of benzene rings is 1. The lowest BCUT2D eigenvalue weighted by molar-refractivity contribution is -0.116. The van der Waals surface area contributed by atoms with E-state index in [9.17, 15) is 9.90 Å². The monoisotopic (exact) mass is 246 g/mol. The standard InChI is InChI=1S/C12H14N4O2/c1-8-6-11(13)15-16(8)7-12(18)14-9-4-2-3-5-10(9)17/h2-6,17H,7H2,1H3,(H2,13,15)(H,14,18). The molecule has 0 fully saturated rings. The highest BCUT2D eigenvalue weighted by Gasteiger charge is 2.09. The van der Waals surface area contributed by atoms with Gasteiger partial charge in [-0.15, -0.1) is 0 Å². The number of nitrogens with one attached hydrogen (secondary N) is 1. The van der Waals surface area contributed by atoms with Crippen LogP contribution in [0.1, 0.15) is 5.69 Å². The second-order valence-electron chi connectivity index (χ2n) is 3.93. The molecule has 1 amide bonds. The number of nitrogens with zero attached hydrogens (tertiary/aromatic N) is 2. The summed E-state index contributed by atoms with van der Waals surface area (Å²) < 4.78 is 1.50. The summed E-state index contributed by atoms with van der Waals surface area (Å²) in [6.07, 6.45) is 0. The molecule has 18 heavy (non-hydrogen) atoms. The molecule has 1 heterocycles. The third-order valence-electron chi connectivity index (χ3n) is 2.47. The quantitative estimate of drug-likeness (QED) is 0.707. The highest BCUT2D eigenvalue weighted by molar-refractivity contribution is 5.92. The number of carbonyl (C=O) groups excluding carboxylic acids is 1. The average Bonchev–Trinajstić information content (AvgIpc) is 2.61. The first-order valence-electron chi connectivity index (χ1n) is 5.44. The Kier molecular flexibility index (Phi) is 3.18. The average molecular weight is 246 g/mol. The van der Waals surface area contributed by atoms with E-state index in [1.165, 1.54) is 10.7 Å². The van der Waals surface area contributed by atoms with Gasteiger partial charge in [-0.1, -0.05) is 12.1 Å². The minimum Gasteiger partial charge on any atom is -0.506 e. The number of nitrogens with two attached hydrogens (primary N) is 1. The zero-order chi connectivity index (χ0) is 13.1. The maximum Gasteiger partial charge on any atom is 0.246 e. The SMILES string of the molecule is Cc1cc(N)nn1CC(=O)Nc1ccccc1O. The van der Waals surface area contributed by atoms with Gasteiger partial charge < -0.3 is 16.2 Å². The summed E-state index contributed by atoms with van der Waals surface area (Å²) >= 11 is 0. The van der Waals surface area contributed by atoms with Crippen molar-refractivity contribution in [1.29, 1.82) is 0 Å². The van der Waals surface area contributed by atoms with E-state index in [2.05, 4.69) is 10.4 Å². The molecule has 2 rings (SSSR count). The fraction of sp³-hybridized carbons (Fsp3) is 0.167. The first-order chi connectivity index (χ1) is 8.56. The number of hydrogen-bond acceptors (Lipinski definition) is 4. The lowest BCUT2D eigenvalue weighted by Gasteiger charge is -2.07. The van der Waals surface area contributed by atoms with Crippen LogP contribution in [0.3, 0.4) is 0 Å². The summed E-state index contributed by atoms with van der Waals surface area (Å²) in [7, 11) is 0. The summed E-state index contributed by atoms with van der Waals surface area (Å²) in [5, 5.41) is 16.1. The van der Waals surface area contributed by atoms with Crippen molar-refractivity contribution < 1.29 is 9.90 Å². The fourth-order valence-electron chi connectivity index (χ4n) is 1.60. The van der Waals surface area contributed by atoms with Crippen LogP contribution < -0.4 is 11.1 Å². The summed E-state index contributed by atoms with van der Waals surface area (Å²) in [4.78, 5) is 11.8. The molecule has 0 radical (unpaired) electrons. The second-order valence-corrected chi connectivity index (χ2v) is 3.93. The Morgan fingerprint density at radius 2 is 2.22 bits per heavy atom. The number of aryl methyl sites for hydroxylation is 1. The van der Waals surface area contributed by atoms with Crippen molar-refractivity contribution in [2.24, 2.45) is 0 Å². The van der Waals surface area contributed by atoms with Gasteiger partial charge in [-0.3, -0.25) is 9.48 Å². The van der Waals surface area contributed by atoms with Crippen molar-refractivity contribution in [3.63, 3.8) is 0 Å². The first kappa shape index (κ1) is 12.0. The molecule has 0 aliphatic rings. The topological polar surface area (TPSA) is 93.2 Å². The summed E-state index contributed by atoms with van der Waals surface area (Å²) in [5.41, 5.74) is 6.71. The Bertz CT molecular complexity index is 577. The van der Waals surface area contributed by atoms with E-state index in [-0.39, 0.29) is 18.2 Å². The zero-order valence-corrected chi connectivity index (χ0v) is 9.92. The minimum absolute atomic E-state index is 0.0301. The van der Waals surface area contributed by atoms with E-state index in [1.54, 1.807) is 24.3 Å². The molecule has 0 aliphatic carbocycles. The molecule has 0 saturated heterocycles. The Morgan fingerprint density at radius 3 is 2.83 bits per heavy atom. The Hall–Kier alpha value is -2.50. The van der Waals surface area contributed by atoms with Gasteiger partial charge >= 0.3 is 0 Å². The van der Waals surface area contributed by atoms with Gasteiger partial charge in [0.1, 0.15) is 18.1 Å². The van der Waals surface area contributed by atoms with Gasteiger partial charge in [-0.2, -0.15) is 5.10 Å². The summed E-state index contributed by atoms with van der Waals surface area (Å²) in [5.74, 6) is 0.133. The second kappa shape index (κ2) is 4.79. The van der Waals surface area contributed by atoms with Crippen molar-refractivity contribution >= 4 is 17.4 Å². The third kappa shape index (κ3) is 2.60. The number of hydrogen-bond donors (Lipinski definition) is 3. The lowest BCUT2D eigenvalue weighted by Crippen LogP contribution is -2.20. The van der Waals surface area contributed by atoms with Crippen LogP contribution in [0.2, 0.25) is 0 Å². The molecule has 0 bridgehead atoms. The smallest absolute Gasteiger partial charge is 0.246 e. The third-order valence-corrected chi connectivity index (χ3v) is 2.47. The van der Waals surface area contributed by atoms with E-state index < -0.39 is 0 Å². The lowest BCUT2D eigenvalue weighted by atomic mass is 10.3. The normalized spacial score (nSPS) is 10.3. The zero-order valence-electron chi connectivity index (χ0n) is 9.92. The minimum atomic E-state index is -0.275. The summed E-state index contributed by atoms with van der Waals surface area (Å²) in [6.45, 7) is 1.87. The van der Waals surface area contributed by atoms with Crippen LogP contribution in [0.4, 0.5) is 11.5 Å². The molecule has 0 spiro atoms. The molecule has 4 N–H and O–H groups in total. The van der Waals surface area contributed by atoms with Crippen LogP contribution >= 0.6 is 0 Å². The van der Waals surface area contributed by atoms with Crippen LogP contribution in [-0.2, 0) is 11.3 Å². The molecule has 0 saturated carbocycles. The van der Waals surface area contributed by atoms with Gasteiger partial charge in [0.15, 0.2) is 0 Å². The van der Waals surface area contributed by atoms with E-state index in [0.717, 1.165) is 5.69 Å². The van der Waals surface area contributed by atoms with Crippen molar-refractivity contribution in [3.05, 3.63) is 36.0 Å². The predicted molar refractivity (Wildman–Crippen MR) is 68.1 cm³/mol. The van der Waals surface area contributed by atoms with Gasteiger partial charge in [0.25, 0.3) is 0 Å². The summed E-state index contributed by atoms with van der Waals surface area (Å²) in [6, 6.07) is 8.23. The Labute approximate surface area is 104 Å². The van der Waals surface area contributed by atoms with Crippen molar-refractivity contribution in [2.45, 2.75) is 13.5 Å². The number of carbonyl (C=O) groups is 1. The van der Waals surface area contributed by atoms with E-state index in [0.29, 0.717) is 11.5 Å². The molecule has 2 aromatic rings. The van der Waals surface area contributed by atoms with Crippen LogP contribution in [0.15, 0.2) is 30.3 Å². The molecule has 0 atom stereocenters. The highest BCUT2D eigenvalue weighted by Crippen LogP contribution is 2.21. The highest BCUT2D eigenvalue weighted by atomic mass is 16.3. The number of amides is 1. The first-order valence-corrected chi connectivity index (χ1v) is 5.44. The van der Waals surface area contributed by atoms with Crippen molar-refractivity contribution in [3.8, 4) is 5.75 Å². The molecule has 1 aromatic heterocycles. The van der Waals surface area contributed by atoms with Crippen LogP contribution in [-0.4, -0.2) is 20.8 Å².